The first-order chi connectivity index (χ1) is 12.1. The van der Waals surface area contributed by atoms with Gasteiger partial charge in [-0.2, -0.15) is 11.8 Å². The number of amides is 2. The SMILES string of the molecule is CSCC[C@H](N)C(=O)Nc1ncn(CC(=O)NCc2ccccc2)n1. The van der Waals surface area contributed by atoms with Gasteiger partial charge in [-0.15, -0.1) is 5.10 Å². The van der Waals surface area contributed by atoms with Crippen molar-refractivity contribution in [2.24, 2.45) is 5.73 Å². The van der Waals surface area contributed by atoms with Crippen LogP contribution in [0.5, 0.6) is 0 Å². The van der Waals surface area contributed by atoms with Gasteiger partial charge in [0, 0.05) is 6.54 Å². The van der Waals surface area contributed by atoms with E-state index in [9.17, 15) is 9.59 Å². The predicted molar refractivity (Wildman–Crippen MR) is 97.9 cm³/mol. The third-order valence-electron chi connectivity index (χ3n) is 3.38. The van der Waals surface area contributed by atoms with Gasteiger partial charge in [0.1, 0.15) is 12.9 Å². The Bertz CT molecular complexity index is 691. The Hall–Kier alpha value is -2.39. The lowest BCUT2D eigenvalue weighted by Crippen LogP contribution is -2.36. The summed E-state index contributed by atoms with van der Waals surface area (Å²) in [4.78, 5) is 27.8. The highest BCUT2D eigenvalue weighted by Gasteiger charge is 2.15. The molecule has 1 aromatic heterocycles. The van der Waals surface area contributed by atoms with E-state index >= 15 is 0 Å². The lowest BCUT2D eigenvalue weighted by Gasteiger charge is -2.09. The number of anilines is 1. The van der Waals surface area contributed by atoms with Crippen molar-refractivity contribution in [3.8, 4) is 0 Å². The Labute approximate surface area is 150 Å². The Morgan fingerprint density at radius 2 is 2.08 bits per heavy atom. The number of hydrogen-bond donors (Lipinski definition) is 3. The molecule has 0 bridgehead atoms. The van der Waals surface area contributed by atoms with Gasteiger partial charge in [-0.25, -0.2) is 9.67 Å². The van der Waals surface area contributed by atoms with E-state index in [0.717, 1.165) is 11.3 Å². The van der Waals surface area contributed by atoms with E-state index < -0.39 is 6.04 Å². The molecule has 0 aliphatic carbocycles. The summed E-state index contributed by atoms with van der Waals surface area (Å²) in [6, 6.07) is 9.01. The summed E-state index contributed by atoms with van der Waals surface area (Å²) < 4.78 is 1.36. The number of nitrogens with two attached hydrogens (primary N) is 1. The molecule has 0 radical (unpaired) electrons. The Morgan fingerprint density at radius 3 is 2.80 bits per heavy atom. The zero-order valence-corrected chi connectivity index (χ0v) is 14.8. The minimum Gasteiger partial charge on any atom is -0.350 e. The first-order valence-corrected chi connectivity index (χ1v) is 9.23. The number of nitrogens with zero attached hydrogens (tertiary/aromatic N) is 3. The molecule has 0 spiro atoms. The zero-order valence-electron chi connectivity index (χ0n) is 14.0. The van der Waals surface area contributed by atoms with Crippen molar-refractivity contribution in [2.75, 3.05) is 17.3 Å². The van der Waals surface area contributed by atoms with Crippen molar-refractivity contribution in [1.82, 2.24) is 20.1 Å². The van der Waals surface area contributed by atoms with E-state index in [1.807, 2.05) is 36.6 Å². The number of aromatic nitrogens is 3. The van der Waals surface area contributed by atoms with Crippen LogP contribution in [0.3, 0.4) is 0 Å². The summed E-state index contributed by atoms with van der Waals surface area (Å²) in [5, 5.41) is 9.42. The largest absolute Gasteiger partial charge is 0.350 e. The molecule has 9 heteroatoms. The molecule has 2 rings (SSSR count). The Balaban J connectivity index is 1.78. The lowest BCUT2D eigenvalue weighted by molar-refractivity contribution is -0.122. The van der Waals surface area contributed by atoms with Crippen molar-refractivity contribution >= 4 is 29.5 Å². The standard InChI is InChI=1S/C16H22N6O2S/c1-25-8-7-13(17)15(24)20-16-19-11-22(21-16)10-14(23)18-9-12-5-3-2-4-6-12/h2-6,11,13H,7-10,17H2,1H3,(H,18,23)(H,20,21,24)/t13-/m0/s1. The van der Waals surface area contributed by atoms with Crippen LogP contribution in [0.15, 0.2) is 36.7 Å². The van der Waals surface area contributed by atoms with Crippen molar-refractivity contribution in [3.05, 3.63) is 42.2 Å². The summed E-state index contributed by atoms with van der Waals surface area (Å²) in [5.74, 6) is 0.419. The van der Waals surface area contributed by atoms with Crippen LogP contribution >= 0.6 is 11.8 Å². The van der Waals surface area contributed by atoms with Gasteiger partial charge >= 0.3 is 0 Å². The van der Waals surface area contributed by atoms with Gasteiger partial charge in [0.25, 0.3) is 0 Å². The predicted octanol–water partition coefficient (Wildman–Crippen LogP) is 0.613. The van der Waals surface area contributed by atoms with Gasteiger partial charge in [0.2, 0.25) is 17.8 Å². The van der Waals surface area contributed by atoms with Crippen LogP contribution in [0.2, 0.25) is 0 Å². The summed E-state index contributed by atoms with van der Waals surface area (Å²) in [5.41, 5.74) is 6.80. The average Bonchev–Trinajstić information content (AvgIpc) is 3.05. The molecular weight excluding hydrogens is 340 g/mol. The number of carbonyl (C=O) groups is 2. The van der Waals surface area contributed by atoms with Crippen LogP contribution in [0.1, 0.15) is 12.0 Å². The van der Waals surface area contributed by atoms with Crippen molar-refractivity contribution in [3.63, 3.8) is 0 Å². The second-order valence-corrected chi connectivity index (χ2v) is 6.39. The number of carbonyl (C=O) groups excluding carboxylic acids is 2. The van der Waals surface area contributed by atoms with E-state index in [-0.39, 0.29) is 24.3 Å². The number of rotatable bonds is 9. The highest BCUT2D eigenvalue weighted by molar-refractivity contribution is 7.98. The molecule has 134 valence electrons. The van der Waals surface area contributed by atoms with Crippen molar-refractivity contribution in [1.29, 1.82) is 0 Å². The van der Waals surface area contributed by atoms with E-state index in [1.54, 1.807) is 11.8 Å². The number of thioether (sulfide) groups is 1. The molecule has 0 unspecified atom stereocenters. The fourth-order valence-corrected chi connectivity index (χ4v) is 2.50. The highest BCUT2D eigenvalue weighted by atomic mass is 32.2. The van der Waals surface area contributed by atoms with Crippen LogP contribution in [0.4, 0.5) is 5.95 Å². The molecule has 0 saturated carbocycles. The number of benzene rings is 1. The summed E-state index contributed by atoms with van der Waals surface area (Å²) in [6.45, 7) is 0.469. The molecule has 0 saturated heterocycles. The van der Waals surface area contributed by atoms with Crippen molar-refractivity contribution in [2.45, 2.75) is 25.6 Å². The maximum Gasteiger partial charge on any atom is 0.248 e. The van der Waals surface area contributed by atoms with E-state index in [1.165, 1.54) is 11.0 Å². The summed E-state index contributed by atoms with van der Waals surface area (Å²) in [6.07, 6.45) is 3.93. The molecule has 8 nitrogen and oxygen atoms in total. The molecular formula is C16H22N6O2S. The van der Waals surface area contributed by atoms with Gasteiger partial charge in [0.05, 0.1) is 6.04 Å². The lowest BCUT2D eigenvalue weighted by atomic mass is 10.2. The molecule has 1 aromatic carbocycles. The summed E-state index contributed by atoms with van der Waals surface area (Å²) in [7, 11) is 0. The smallest absolute Gasteiger partial charge is 0.248 e. The third-order valence-corrected chi connectivity index (χ3v) is 4.02. The average molecular weight is 362 g/mol. The summed E-state index contributed by atoms with van der Waals surface area (Å²) >= 11 is 1.63. The quantitative estimate of drug-likeness (QED) is 0.602. The molecule has 2 amide bonds. The van der Waals surface area contributed by atoms with E-state index in [4.69, 9.17) is 5.73 Å². The van der Waals surface area contributed by atoms with Crippen LogP contribution in [0.25, 0.3) is 0 Å². The number of nitrogens with one attached hydrogen (secondary N) is 2. The molecule has 0 aliphatic rings. The van der Waals surface area contributed by atoms with Crippen LogP contribution < -0.4 is 16.4 Å². The topological polar surface area (TPSA) is 115 Å². The molecule has 1 heterocycles. The maximum absolute atomic E-state index is 11.9. The Morgan fingerprint density at radius 1 is 1.32 bits per heavy atom. The van der Waals surface area contributed by atoms with Gasteiger partial charge in [-0.3, -0.25) is 14.9 Å². The minimum atomic E-state index is -0.603. The van der Waals surface area contributed by atoms with Gasteiger partial charge < -0.3 is 11.1 Å². The monoisotopic (exact) mass is 362 g/mol. The zero-order chi connectivity index (χ0) is 18.1. The molecule has 2 aromatic rings. The van der Waals surface area contributed by atoms with Gasteiger partial charge in [-0.1, -0.05) is 30.3 Å². The first kappa shape index (κ1) is 18.9. The minimum absolute atomic E-state index is 0.0221. The molecule has 0 aliphatic heterocycles. The fraction of sp³-hybridized carbons (Fsp3) is 0.375. The van der Waals surface area contributed by atoms with Crippen molar-refractivity contribution < 1.29 is 9.59 Å². The second kappa shape index (κ2) is 9.80. The fourth-order valence-electron chi connectivity index (χ4n) is 2.01. The van der Waals surface area contributed by atoms with Gasteiger partial charge in [0.15, 0.2) is 0 Å². The first-order valence-electron chi connectivity index (χ1n) is 7.84. The van der Waals surface area contributed by atoms with Crippen LogP contribution in [-0.4, -0.2) is 44.6 Å². The van der Waals surface area contributed by atoms with E-state index in [2.05, 4.69) is 20.7 Å². The van der Waals surface area contributed by atoms with Crippen LogP contribution in [0, 0.1) is 0 Å². The highest BCUT2D eigenvalue weighted by Crippen LogP contribution is 2.03. The number of hydrogen-bond acceptors (Lipinski definition) is 6. The molecule has 0 fully saturated rings. The molecule has 1 atom stereocenters. The Kier molecular flexibility index (Phi) is 7.42. The normalized spacial score (nSPS) is 11.8. The van der Waals surface area contributed by atoms with E-state index in [0.29, 0.717) is 13.0 Å². The third kappa shape index (κ3) is 6.55. The van der Waals surface area contributed by atoms with Crippen LogP contribution in [-0.2, 0) is 22.7 Å². The molecule has 4 N–H and O–H groups in total. The molecule has 25 heavy (non-hydrogen) atoms. The van der Waals surface area contributed by atoms with Gasteiger partial charge in [-0.05, 0) is 24.0 Å². The second-order valence-electron chi connectivity index (χ2n) is 5.41. The maximum atomic E-state index is 11.9.